The second-order valence-electron chi connectivity index (χ2n) is 6.33. The Labute approximate surface area is 169 Å². The normalized spacial score (nSPS) is 11.8. The number of carbonyl (C=O) groups is 2. The molecule has 0 saturated carbocycles. The SMILES string of the molecule is COc1cccc(/C=C/C(=O)Nc2cccc(NC(=O)C(C)n3cccn3)c2)c1. The largest absolute Gasteiger partial charge is 0.497 e. The number of ether oxygens (including phenoxy) is 1. The van der Waals surface area contributed by atoms with Crippen LogP contribution in [0.5, 0.6) is 5.75 Å². The van der Waals surface area contributed by atoms with Crippen molar-refractivity contribution >= 4 is 29.3 Å². The van der Waals surface area contributed by atoms with Crippen LogP contribution in [0.4, 0.5) is 11.4 Å². The van der Waals surface area contributed by atoms with Crippen LogP contribution in [0.2, 0.25) is 0 Å². The Hall–Kier alpha value is -3.87. The first-order chi connectivity index (χ1) is 14.0. The van der Waals surface area contributed by atoms with E-state index in [9.17, 15) is 9.59 Å². The molecule has 0 spiro atoms. The molecule has 7 nitrogen and oxygen atoms in total. The van der Waals surface area contributed by atoms with Gasteiger partial charge in [0.2, 0.25) is 11.8 Å². The fourth-order valence-electron chi connectivity index (χ4n) is 2.65. The lowest BCUT2D eigenvalue weighted by Gasteiger charge is -2.13. The standard InChI is InChI=1S/C22H22N4O3/c1-16(26-13-5-12-23-26)22(28)25-19-8-4-7-18(15-19)24-21(27)11-10-17-6-3-9-20(14-17)29-2/h3-16H,1-2H3,(H,24,27)(H,25,28)/b11-10+. The molecular formula is C22H22N4O3. The molecule has 2 N–H and O–H groups in total. The number of hydrogen-bond acceptors (Lipinski definition) is 4. The van der Waals surface area contributed by atoms with E-state index in [0.717, 1.165) is 11.3 Å². The van der Waals surface area contributed by atoms with Gasteiger partial charge in [-0.3, -0.25) is 14.3 Å². The van der Waals surface area contributed by atoms with Crippen LogP contribution < -0.4 is 15.4 Å². The second kappa shape index (κ2) is 9.36. The smallest absolute Gasteiger partial charge is 0.248 e. The molecule has 2 amide bonds. The van der Waals surface area contributed by atoms with Gasteiger partial charge in [0, 0.05) is 29.8 Å². The highest BCUT2D eigenvalue weighted by atomic mass is 16.5. The summed E-state index contributed by atoms with van der Waals surface area (Å²) < 4.78 is 6.74. The molecule has 0 aliphatic carbocycles. The Kier molecular flexibility index (Phi) is 6.42. The van der Waals surface area contributed by atoms with E-state index in [1.165, 1.54) is 6.08 Å². The molecule has 29 heavy (non-hydrogen) atoms. The Morgan fingerprint density at radius 1 is 1.07 bits per heavy atom. The van der Waals surface area contributed by atoms with Crippen LogP contribution in [0.3, 0.4) is 0 Å². The Morgan fingerprint density at radius 3 is 2.55 bits per heavy atom. The summed E-state index contributed by atoms with van der Waals surface area (Å²) in [7, 11) is 1.59. The summed E-state index contributed by atoms with van der Waals surface area (Å²) in [6, 6.07) is 15.7. The third kappa shape index (κ3) is 5.55. The van der Waals surface area contributed by atoms with Gasteiger partial charge in [-0.25, -0.2) is 0 Å². The monoisotopic (exact) mass is 390 g/mol. The van der Waals surface area contributed by atoms with Gasteiger partial charge < -0.3 is 15.4 Å². The number of nitrogens with one attached hydrogen (secondary N) is 2. The van der Waals surface area contributed by atoms with Crippen molar-refractivity contribution in [2.45, 2.75) is 13.0 Å². The summed E-state index contributed by atoms with van der Waals surface area (Å²) in [5, 5.41) is 9.69. The molecule has 0 fully saturated rings. The second-order valence-corrected chi connectivity index (χ2v) is 6.33. The van der Waals surface area contributed by atoms with Crippen molar-refractivity contribution in [3.05, 3.63) is 78.6 Å². The molecule has 0 aliphatic rings. The highest BCUT2D eigenvalue weighted by Gasteiger charge is 2.15. The molecule has 0 bridgehead atoms. The van der Waals surface area contributed by atoms with E-state index in [4.69, 9.17) is 4.74 Å². The molecule has 0 radical (unpaired) electrons. The first-order valence-corrected chi connectivity index (χ1v) is 9.08. The number of aromatic nitrogens is 2. The van der Waals surface area contributed by atoms with Crippen LogP contribution in [-0.4, -0.2) is 28.7 Å². The molecule has 148 valence electrons. The predicted molar refractivity (Wildman–Crippen MR) is 113 cm³/mol. The summed E-state index contributed by atoms with van der Waals surface area (Å²) in [5.74, 6) is 0.247. The Bertz CT molecular complexity index is 1010. The molecule has 7 heteroatoms. The van der Waals surface area contributed by atoms with Crippen LogP contribution in [0, 0.1) is 0 Å². The molecule has 2 aromatic carbocycles. The van der Waals surface area contributed by atoms with Gasteiger partial charge in [-0.15, -0.1) is 0 Å². The number of nitrogens with zero attached hydrogens (tertiary/aromatic N) is 2. The van der Waals surface area contributed by atoms with Gasteiger partial charge in [0.15, 0.2) is 0 Å². The number of amides is 2. The van der Waals surface area contributed by atoms with E-state index >= 15 is 0 Å². The molecule has 3 aromatic rings. The topological polar surface area (TPSA) is 85.3 Å². The number of methoxy groups -OCH3 is 1. The Balaban J connectivity index is 1.61. The van der Waals surface area contributed by atoms with Crippen molar-refractivity contribution in [2.75, 3.05) is 17.7 Å². The summed E-state index contributed by atoms with van der Waals surface area (Å²) in [6.07, 6.45) is 6.50. The zero-order valence-electron chi connectivity index (χ0n) is 16.2. The highest BCUT2D eigenvalue weighted by molar-refractivity contribution is 6.02. The average Bonchev–Trinajstić information content (AvgIpc) is 3.27. The summed E-state index contributed by atoms with van der Waals surface area (Å²) in [5.41, 5.74) is 2.02. The number of anilines is 2. The Morgan fingerprint density at radius 2 is 1.83 bits per heavy atom. The van der Waals surface area contributed by atoms with Crippen molar-refractivity contribution < 1.29 is 14.3 Å². The van der Waals surface area contributed by atoms with Crippen LogP contribution in [0.25, 0.3) is 6.08 Å². The molecule has 0 aliphatic heterocycles. The quantitative estimate of drug-likeness (QED) is 0.602. The molecule has 1 unspecified atom stereocenters. The highest BCUT2D eigenvalue weighted by Crippen LogP contribution is 2.18. The zero-order chi connectivity index (χ0) is 20.6. The van der Waals surface area contributed by atoms with E-state index in [1.54, 1.807) is 67.5 Å². The van der Waals surface area contributed by atoms with Crippen LogP contribution in [-0.2, 0) is 9.59 Å². The van der Waals surface area contributed by atoms with E-state index in [-0.39, 0.29) is 11.8 Å². The van der Waals surface area contributed by atoms with Gasteiger partial charge in [0.1, 0.15) is 11.8 Å². The summed E-state index contributed by atoms with van der Waals surface area (Å²) in [6.45, 7) is 1.76. The van der Waals surface area contributed by atoms with Gasteiger partial charge in [-0.1, -0.05) is 18.2 Å². The minimum absolute atomic E-state index is 0.199. The lowest BCUT2D eigenvalue weighted by atomic mass is 10.2. The van der Waals surface area contributed by atoms with Crippen molar-refractivity contribution in [1.29, 1.82) is 0 Å². The number of benzene rings is 2. The van der Waals surface area contributed by atoms with Crippen molar-refractivity contribution in [1.82, 2.24) is 9.78 Å². The van der Waals surface area contributed by atoms with Crippen LogP contribution in [0.15, 0.2) is 73.1 Å². The molecule has 0 saturated heterocycles. The maximum absolute atomic E-state index is 12.4. The lowest BCUT2D eigenvalue weighted by molar-refractivity contribution is -0.119. The fourth-order valence-corrected chi connectivity index (χ4v) is 2.65. The first kappa shape index (κ1) is 19.9. The number of rotatable bonds is 7. The fraction of sp³-hybridized carbons (Fsp3) is 0.136. The van der Waals surface area contributed by atoms with Crippen molar-refractivity contribution in [3.8, 4) is 5.75 Å². The van der Waals surface area contributed by atoms with Crippen molar-refractivity contribution in [2.24, 2.45) is 0 Å². The number of hydrogen-bond donors (Lipinski definition) is 2. The van der Waals surface area contributed by atoms with Crippen molar-refractivity contribution in [3.63, 3.8) is 0 Å². The minimum atomic E-state index is -0.450. The molecular weight excluding hydrogens is 368 g/mol. The average molecular weight is 390 g/mol. The zero-order valence-corrected chi connectivity index (χ0v) is 16.2. The van der Waals surface area contributed by atoms with Crippen LogP contribution >= 0.6 is 0 Å². The maximum Gasteiger partial charge on any atom is 0.248 e. The molecule has 1 atom stereocenters. The van der Waals surface area contributed by atoms with Gasteiger partial charge in [0.25, 0.3) is 0 Å². The third-order valence-corrected chi connectivity index (χ3v) is 4.22. The van der Waals surface area contributed by atoms with Gasteiger partial charge in [-0.2, -0.15) is 5.10 Å². The maximum atomic E-state index is 12.4. The molecule has 3 rings (SSSR count). The third-order valence-electron chi connectivity index (χ3n) is 4.22. The van der Waals surface area contributed by atoms with Gasteiger partial charge in [0.05, 0.1) is 7.11 Å². The predicted octanol–water partition coefficient (Wildman–Crippen LogP) is 3.74. The molecule has 1 heterocycles. The van der Waals surface area contributed by atoms with E-state index in [0.29, 0.717) is 11.4 Å². The first-order valence-electron chi connectivity index (χ1n) is 9.08. The summed E-state index contributed by atoms with van der Waals surface area (Å²) in [4.78, 5) is 24.6. The van der Waals surface area contributed by atoms with Gasteiger partial charge >= 0.3 is 0 Å². The summed E-state index contributed by atoms with van der Waals surface area (Å²) >= 11 is 0. The van der Waals surface area contributed by atoms with Gasteiger partial charge in [-0.05, 0) is 55.0 Å². The van der Waals surface area contributed by atoms with E-state index < -0.39 is 6.04 Å². The van der Waals surface area contributed by atoms with E-state index in [1.807, 2.05) is 24.3 Å². The molecule has 1 aromatic heterocycles. The van der Waals surface area contributed by atoms with E-state index in [2.05, 4.69) is 15.7 Å². The lowest BCUT2D eigenvalue weighted by Crippen LogP contribution is -2.24. The number of carbonyl (C=O) groups excluding carboxylic acids is 2. The minimum Gasteiger partial charge on any atom is -0.497 e. The van der Waals surface area contributed by atoms with Crippen LogP contribution in [0.1, 0.15) is 18.5 Å².